The third kappa shape index (κ3) is 3.94. The molecular weight excluding hydrogens is 663 g/mol. The molecule has 252 valence electrons. The zero-order valence-corrected chi connectivity index (χ0v) is 28.9. The van der Waals surface area contributed by atoms with Gasteiger partial charge in [-0.15, -0.1) is 0 Å². The first-order chi connectivity index (χ1) is 26.8. The standard InChI is InChI=1S/C48H29N5O/c1-2-14-30(15-3-1)51-39-22-10-7-18-33(39)36-26-27-42-46(45(36)51)53-41-24-12-9-21-38(41)50-48(53)52(42)40-23-11-6-17-32(40)31-16-4-5-20-35(31)44-47-37(28-29-49-44)34-19-8-13-25-43(34)54-47/h1-29H. The summed E-state index contributed by atoms with van der Waals surface area (Å²) in [6.07, 6.45) is 1.89. The highest BCUT2D eigenvalue weighted by Crippen LogP contribution is 2.43. The van der Waals surface area contributed by atoms with E-state index in [1.807, 2.05) is 24.4 Å². The highest BCUT2D eigenvalue weighted by molar-refractivity contribution is 6.19. The third-order valence-electron chi connectivity index (χ3n) is 10.9. The van der Waals surface area contributed by atoms with E-state index in [1.165, 1.54) is 10.8 Å². The molecule has 0 aliphatic rings. The summed E-state index contributed by atoms with van der Waals surface area (Å²) < 4.78 is 13.6. The molecule has 12 aromatic rings. The SMILES string of the molecule is c1ccc(-n2c3ccccc3c3ccc4c(c32)n2c3ccccc3nc2n4-c2ccccc2-c2ccccc2-c2nccc3c2oc2ccccc23)cc1. The number of hydrogen-bond donors (Lipinski definition) is 0. The first-order valence-electron chi connectivity index (χ1n) is 18.2. The van der Waals surface area contributed by atoms with Crippen molar-refractivity contribution in [3.05, 3.63) is 176 Å². The van der Waals surface area contributed by atoms with E-state index in [1.54, 1.807) is 0 Å². The number of imidazole rings is 2. The van der Waals surface area contributed by atoms with Crippen molar-refractivity contribution in [3.8, 4) is 33.8 Å². The van der Waals surface area contributed by atoms with Gasteiger partial charge in [0, 0.05) is 44.6 Å². The first-order valence-corrected chi connectivity index (χ1v) is 18.2. The second kappa shape index (κ2) is 11.0. The Labute approximate surface area is 308 Å². The maximum atomic E-state index is 6.51. The summed E-state index contributed by atoms with van der Waals surface area (Å²) in [6.45, 7) is 0. The van der Waals surface area contributed by atoms with E-state index >= 15 is 0 Å². The highest BCUT2D eigenvalue weighted by atomic mass is 16.3. The Morgan fingerprint density at radius 2 is 1.15 bits per heavy atom. The smallest absolute Gasteiger partial charge is 0.220 e. The lowest BCUT2D eigenvalue weighted by Crippen LogP contribution is -1.99. The average molecular weight is 692 g/mol. The minimum absolute atomic E-state index is 0.785. The Balaban J connectivity index is 1.20. The maximum Gasteiger partial charge on any atom is 0.220 e. The number of aromatic nitrogens is 5. The average Bonchev–Trinajstić information content (AvgIpc) is 3.98. The van der Waals surface area contributed by atoms with E-state index < -0.39 is 0 Å². The molecule has 6 nitrogen and oxygen atoms in total. The van der Waals surface area contributed by atoms with Crippen molar-refractivity contribution in [2.45, 2.75) is 0 Å². The number of pyridine rings is 1. The Kier molecular flexibility index (Phi) is 5.96. The van der Waals surface area contributed by atoms with Gasteiger partial charge in [0.15, 0.2) is 5.58 Å². The van der Waals surface area contributed by atoms with Gasteiger partial charge in [0.2, 0.25) is 5.78 Å². The molecule has 0 fully saturated rings. The molecular formula is C48H29N5O. The Bertz CT molecular complexity index is 3450. The van der Waals surface area contributed by atoms with E-state index in [0.29, 0.717) is 0 Å². The molecule has 0 unspecified atom stereocenters. The molecule has 12 rings (SSSR count). The van der Waals surface area contributed by atoms with Crippen molar-refractivity contribution in [1.29, 1.82) is 0 Å². The summed E-state index contributed by atoms with van der Waals surface area (Å²) in [5.74, 6) is 0.853. The molecule has 0 aliphatic heterocycles. The number of hydrogen-bond acceptors (Lipinski definition) is 3. The van der Waals surface area contributed by atoms with E-state index in [2.05, 4.69) is 165 Å². The predicted molar refractivity (Wildman–Crippen MR) is 220 cm³/mol. The number of fused-ring (bicyclic) bond motifs is 12. The Hall–Kier alpha value is -7.44. The third-order valence-corrected chi connectivity index (χ3v) is 10.9. The summed E-state index contributed by atoms with van der Waals surface area (Å²) in [7, 11) is 0. The van der Waals surface area contributed by atoms with Crippen LogP contribution in [0.4, 0.5) is 0 Å². The normalized spacial score (nSPS) is 12.1. The predicted octanol–water partition coefficient (Wildman–Crippen LogP) is 12.2. The minimum atomic E-state index is 0.785. The van der Waals surface area contributed by atoms with Gasteiger partial charge in [-0.05, 0) is 66.2 Å². The molecule has 6 heteroatoms. The molecule has 0 amide bonds. The Morgan fingerprint density at radius 3 is 2.04 bits per heavy atom. The van der Waals surface area contributed by atoms with Crippen molar-refractivity contribution in [2.24, 2.45) is 0 Å². The zero-order chi connectivity index (χ0) is 35.3. The summed E-state index contributed by atoms with van der Waals surface area (Å²) in [5.41, 5.74) is 14.2. The van der Waals surface area contributed by atoms with Crippen molar-refractivity contribution >= 4 is 71.6 Å². The van der Waals surface area contributed by atoms with Crippen LogP contribution in [0.15, 0.2) is 180 Å². The van der Waals surface area contributed by atoms with E-state index in [0.717, 1.165) is 94.6 Å². The molecule has 7 aromatic carbocycles. The molecule has 5 heterocycles. The van der Waals surface area contributed by atoms with Crippen molar-refractivity contribution in [1.82, 2.24) is 23.5 Å². The molecule has 0 saturated heterocycles. The van der Waals surface area contributed by atoms with Gasteiger partial charge in [-0.3, -0.25) is 14.0 Å². The van der Waals surface area contributed by atoms with E-state index in [4.69, 9.17) is 14.4 Å². The maximum absolute atomic E-state index is 6.51. The molecule has 5 aromatic heterocycles. The summed E-state index contributed by atoms with van der Waals surface area (Å²) in [6, 6.07) is 59.7. The van der Waals surface area contributed by atoms with Crippen LogP contribution in [0.3, 0.4) is 0 Å². The van der Waals surface area contributed by atoms with Crippen LogP contribution in [-0.4, -0.2) is 23.5 Å². The van der Waals surface area contributed by atoms with Gasteiger partial charge in [0.05, 0.1) is 38.8 Å². The number of para-hydroxylation sites is 6. The van der Waals surface area contributed by atoms with Gasteiger partial charge < -0.3 is 8.98 Å². The second-order valence-corrected chi connectivity index (χ2v) is 13.8. The molecule has 0 spiro atoms. The lowest BCUT2D eigenvalue weighted by molar-refractivity contribution is 0.668. The highest BCUT2D eigenvalue weighted by Gasteiger charge is 2.25. The van der Waals surface area contributed by atoms with Gasteiger partial charge in [0.25, 0.3) is 0 Å². The van der Waals surface area contributed by atoms with Crippen LogP contribution >= 0.6 is 0 Å². The fourth-order valence-electron chi connectivity index (χ4n) is 8.67. The monoisotopic (exact) mass is 691 g/mol. The van der Waals surface area contributed by atoms with Crippen LogP contribution in [-0.2, 0) is 0 Å². The molecule has 0 radical (unpaired) electrons. The lowest BCUT2D eigenvalue weighted by atomic mass is 9.95. The van der Waals surface area contributed by atoms with Crippen LogP contribution in [0, 0.1) is 0 Å². The molecule has 0 aliphatic carbocycles. The second-order valence-electron chi connectivity index (χ2n) is 13.8. The molecule has 54 heavy (non-hydrogen) atoms. The zero-order valence-electron chi connectivity index (χ0n) is 28.9. The fourth-order valence-corrected chi connectivity index (χ4v) is 8.67. The minimum Gasteiger partial charge on any atom is -0.454 e. The summed E-state index contributed by atoms with van der Waals surface area (Å²) in [5, 5.41) is 4.55. The van der Waals surface area contributed by atoms with Crippen molar-refractivity contribution in [3.63, 3.8) is 0 Å². The van der Waals surface area contributed by atoms with Gasteiger partial charge in [0.1, 0.15) is 11.3 Å². The van der Waals surface area contributed by atoms with Crippen molar-refractivity contribution in [2.75, 3.05) is 0 Å². The quantitative estimate of drug-likeness (QED) is 0.185. The molecule has 0 N–H and O–H groups in total. The Morgan fingerprint density at radius 1 is 0.444 bits per heavy atom. The number of furan rings is 1. The van der Waals surface area contributed by atoms with Gasteiger partial charge in [-0.1, -0.05) is 109 Å². The number of rotatable bonds is 4. The molecule has 0 atom stereocenters. The summed E-state index contributed by atoms with van der Waals surface area (Å²) in [4.78, 5) is 10.3. The van der Waals surface area contributed by atoms with Crippen LogP contribution in [0.5, 0.6) is 0 Å². The van der Waals surface area contributed by atoms with Crippen LogP contribution < -0.4 is 0 Å². The fraction of sp³-hybridized carbons (Fsp3) is 0. The van der Waals surface area contributed by atoms with Crippen LogP contribution in [0.25, 0.3) is 105 Å². The number of benzene rings is 7. The first kappa shape index (κ1) is 29.2. The van der Waals surface area contributed by atoms with Gasteiger partial charge in [-0.25, -0.2) is 4.98 Å². The summed E-state index contributed by atoms with van der Waals surface area (Å²) >= 11 is 0. The largest absolute Gasteiger partial charge is 0.454 e. The van der Waals surface area contributed by atoms with E-state index in [-0.39, 0.29) is 0 Å². The lowest BCUT2D eigenvalue weighted by Gasteiger charge is -2.15. The van der Waals surface area contributed by atoms with Crippen LogP contribution in [0.2, 0.25) is 0 Å². The van der Waals surface area contributed by atoms with Gasteiger partial charge >= 0.3 is 0 Å². The topological polar surface area (TPSA) is 53.2 Å². The van der Waals surface area contributed by atoms with Crippen molar-refractivity contribution < 1.29 is 4.42 Å². The number of nitrogens with zero attached hydrogens (tertiary/aromatic N) is 5. The molecule has 0 bridgehead atoms. The van der Waals surface area contributed by atoms with E-state index in [9.17, 15) is 0 Å². The molecule has 0 saturated carbocycles. The van der Waals surface area contributed by atoms with Gasteiger partial charge in [-0.2, -0.15) is 0 Å². The van der Waals surface area contributed by atoms with Crippen LogP contribution in [0.1, 0.15) is 0 Å².